The maximum absolute atomic E-state index is 12.5. The summed E-state index contributed by atoms with van der Waals surface area (Å²) in [6, 6.07) is 2.01. The number of pyridine rings is 1. The molecule has 2 atom stereocenters. The van der Waals surface area contributed by atoms with Crippen LogP contribution in [0.25, 0.3) is 0 Å². The van der Waals surface area contributed by atoms with Crippen LogP contribution in [0.5, 0.6) is 0 Å². The van der Waals surface area contributed by atoms with Gasteiger partial charge in [-0.1, -0.05) is 13.0 Å². The normalized spacial score (nSPS) is 21.1. The van der Waals surface area contributed by atoms with Gasteiger partial charge in [-0.25, -0.2) is 0 Å². The van der Waals surface area contributed by atoms with Gasteiger partial charge in [-0.2, -0.15) is 0 Å². The van der Waals surface area contributed by atoms with E-state index in [1.54, 1.807) is 17.3 Å². The second-order valence-electron chi connectivity index (χ2n) is 5.05. The zero-order valence-electron chi connectivity index (χ0n) is 11.1. The number of hydrogen-bond donors (Lipinski definition) is 0. The number of allylic oxidation sites excluding steroid dienone is 1. The number of nitrogens with zero attached hydrogens (tertiary/aromatic N) is 2. The second-order valence-corrected chi connectivity index (χ2v) is 5.05. The first kappa shape index (κ1) is 12.8. The van der Waals surface area contributed by atoms with Crippen molar-refractivity contribution in [1.82, 2.24) is 4.98 Å². The summed E-state index contributed by atoms with van der Waals surface area (Å²) in [6.07, 6.45) is 8.23. The third-order valence-electron chi connectivity index (χ3n) is 3.85. The van der Waals surface area contributed by atoms with Crippen molar-refractivity contribution in [2.45, 2.75) is 26.2 Å². The van der Waals surface area contributed by atoms with E-state index in [9.17, 15) is 4.79 Å². The van der Waals surface area contributed by atoms with Gasteiger partial charge < -0.3 is 4.90 Å². The summed E-state index contributed by atoms with van der Waals surface area (Å²) in [5.41, 5.74) is 2.17. The van der Waals surface area contributed by atoms with Crippen LogP contribution in [0, 0.1) is 11.8 Å². The number of fused-ring (bicyclic) bond motifs is 1. The van der Waals surface area contributed by atoms with Gasteiger partial charge in [0.15, 0.2) is 0 Å². The number of carbonyl (C=O) groups excluding carboxylic acids is 1. The van der Waals surface area contributed by atoms with Crippen LogP contribution in [0.2, 0.25) is 0 Å². The molecule has 0 bridgehead atoms. The lowest BCUT2D eigenvalue weighted by Crippen LogP contribution is -2.34. The molecule has 3 heteroatoms. The molecule has 1 aromatic rings. The van der Waals surface area contributed by atoms with Crippen LogP contribution >= 0.6 is 0 Å². The summed E-state index contributed by atoms with van der Waals surface area (Å²) in [4.78, 5) is 18.4. The Kier molecular flexibility index (Phi) is 3.80. The number of aromatic nitrogens is 1. The molecule has 3 nitrogen and oxygen atoms in total. The van der Waals surface area contributed by atoms with E-state index in [-0.39, 0.29) is 11.8 Å². The smallest absolute Gasteiger partial charge is 0.230 e. The number of hydrogen-bond acceptors (Lipinski definition) is 2. The van der Waals surface area contributed by atoms with Crippen molar-refractivity contribution >= 4 is 11.6 Å². The summed E-state index contributed by atoms with van der Waals surface area (Å²) in [6.45, 7) is 5.90. The minimum atomic E-state index is 0.0837. The SMILES string of the molecule is C=CCC(C)C1CCc2ccncc2N(C)C1=O. The molecule has 0 aromatic carbocycles. The van der Waals surface area contributed by atoms with Crippen molar-refractivity contribution < 1.29 is 4.79 Å². The number of rotatable bonds is 3. The van der Waals surface area contributed by atoms with Crippen molar-refractivity contribution in [2.24, 2.45) is 11.8 Å². The first-order valence-corrected chi connectivity index (χ1v) is 6.46. The summed E-state index contributed by atoms with van der Waals surface area (Å²) in [7, 11) is 1.85. The van der Waals surface area contributed by atoms with E-state index in [0.29, 0.717) is 5.92 Å². The lowest BCUT2D eigenvalue weighted by molar-refractivity contribution is -0.123. The van der Waals surface area contributed by atoms with E-state index in [0.717, 1.165) is 24.9 Å². The monoisotopic (exact) mass is 244 g/mol. The van der Waals surface area contributed by atoms with Crippen molar-refractivity contribution in [3.05, 3.63) is 36.7 Å². The molecule has 0 N–H and O–H groups in total. The molecule has 1 amide bonds. The van der Waals surface area contributed by atoms with E-state index < -0.39 is 0 Å². The number of anilines is 1. The van der Waals surface area contributed by atoms with Gasteiger partial charge in [0.2, 0.25) is 5.91 Å². The lowest BCUT2D eigenvalue weighted by atomic mass is 9.86. The fraction of sp³-hybridized carbons (Fsp3) is 0.467. The fourth-order valence-electron chi connectivity index (χ4n) is 2.69. The lowest BCUT2D eigenvalue weighted by Gasteiger charge is -2.24. The van der Waals surface area contributed by atoms with Gasteiger partial charge in [-0.05, 0) is 36.8 Å². The third-order valence-corrected chi connectivity index (χ3v) is 3.85. The molecule has 2 unspecified atom stereocenters. The highest BCUT2D eigenvalue weighted by Gasteiger charge is 2.31. The molecule has 1 aromatic heterocycles. The van der Waals surface area contributed by atoms with Crippen LogP contribution in [0.3, 0.4) is 0 Å². The van der Waals surface area contributed by atoms with Crippen LogP contribution in [0.1, 0.15) is 25.3 Å². The summed E-state index contributed by atoms with van der Waals surface area (Å²) in [5.74, 6) is 0.635. The number of amides is 1. The predicted octanol–water partition coefficient (Wildman–Crippen LogP) is 2.82. The molecule has 0 radical (unpaired) electrons. The minimum Gasteiger partial charge on any atom is -0.313 e. The maximum Gasteiger partial charge on any atom is 0.230 e. The quantitative estimate of drug-likeness (QED) is 0.766. The van der Waals surface area contributed by atoms with Crippen LogP contribution in [0.4, 0.5) is 5.69 Å². The molecule has 2 heterocycles. The highest BCUT2D eigenvalue weighted by molar-refractivity contribution is 5.96. The van der Waals surface area contributed by atoms with Gasteiger partial charge in [-0.15, -0.1) is 6.58 Å². The molecule has 2 rings (SSSR count). The highest BCUT2D eigenvalue weighted by Crippen LogP contribution is 2.31. The molecule has 0 fully saturated rings. The Hall–Kier alpha value is -1.64. The molecule has 0 saturated heterocycles. The van der Waals surface area contributed by atoms with Crippen LogP contribution in [-0.4, -0.2) is 17.9 Å². The Bertz CT molecular complexity index is 456. The van der Waals surface area contributed by atoms with Gasteiger partial charge in [0.05, 0.1) is 11.9 Å². The van der Waals surface area contributed by atoms with Gasteiger partial charge in [0.25, 0.3) is 0 Å². The second kappa shape index (κ2) is 5.34. The summed E-state index contributed by atoms with van der Waals surface area (Å²) >= 11 is 0. The maximum atomic E-state index is 12.5. The number of carbonyl (C=O) groups is 1. The van der Waals surface area contributed by atoms with Gasteiger partial charge in [0.1, 0.15) is 0 Å². The Morgan fingerprint density at radius 2 is 2.44 bits per heavy atom. The molecular formula is C15H20N2O. The molecule has 18 heavy (non-hydrogen) atoms. The molecule has 0 saturated carbocycles. The number of aryl methyl sites for hydroxylation is 1. The summed E-state index contributed by atoms with van der Waals surface area (Å²) < 4.78 is 0. The van der Waals surface area contributed by atoms with Crippen molar-refractivity contribution in [3.8, 4) is 0 Å². The standard InChI is InChI=1S/C15H20N2O/c1-4-5-11(2)13-7-6-12-8-9-16-10-14(12)17(3)15(13)18/h4,8-11,13H,1,5-7H2,2-3H3. The largest absolute Gasteiger partial charge is 0.313 e. The zero-order valence-corrected chi connectivity index (χ0v) is 11.1. The third kappa shape index (κ3) is 2.30. The Labute approximate surface area is 109 Å². The fourth-order valence-corrected chi connectivity index (χ4v) is 2.69. The molecule has 0 aliphatic carbocycles. The average molecular weight is 244 g/mol. The van der Waals surface area contributed by atoms with E-state index in [2.05, 4.69) is 18.5 Å². The Morgan fingerprint density at radius 3 is 3.17 bits per heavy atom. The first-order valence-electron chi connectivity index (χ1n) is 6.46. The van der Waals surface area contributed by atoms with Crippen LogP contribution in [-0.2, 0) is 11.2 Å². The van der Waals surface area contributed by atoms with Crippen LogP contribution < -0.4 is 4.90 Å². The Morgan fingerprint density at radius 1 is 1.67 bits per heavy atom. The van der Waals surface area contributed by atoms with E-state index in [1.807, 2.05) is 19.2 Å². The van der Waals surface area contributed by atoms with E-state index in [4.69, 9.17) is 0 Å². The topological polar surface area (TPSA) is 33.2 Å². The Balaban J connectivity index is 2.28. The zero-order chi connectivity index (χ0) is 13.1. The molecular weight excluding hydrogens is 224 g/mol. The predicted molar refractivity (Wildman–Crippen MR) is 73.4 cm³/mol. The minimum absolute atomic E-state index is 0.0837. The highest BCUT2D eigenvalue weighted by atomic mass is 16.2. The van der Waals surface area contributed by atoms with Gasteiger partial charge in [0, 0.05) is 19.2 Å². The molecule has 0 spiro atoms. The molecule has 1 aliphatic rings. The van der Waals surface area contributed by atoms with Gasteiger partial charge >= 0.3 is 0 Å². The first-order chi connectivity index (χ1) is 8.65. The molecule has 1 aliphatic heterocycles. The van der Waals surface area contributed by atoms with Gasteiger partial charge in [-0.3, -0.25) is 9.78 Å². The molecule has 96 valence electrons. The van der Waals surface area contributed by atoms with Crippen molar-refractivity contribution in [1.29, 1.82) is 0 Å². The van der Waals surface area contributed by atoms with E-state index >= 15 is 0 Å². The average Bonchev–Trinajstić information content (AvgIpc) is 2.50. The van der Waals surface area contributed by atoms with Crippen molar-refractivity contribution in [2.75, 3.05) is 11.9 Å². The van der Waals surface area contributed by atoms with Crippen LogP contribution in [0.15, 0.2) is 31.1 Å². The van der Waals surface area contributed by atoms with Crippen molar-refractivity contribution in [3.63, 3.8) is 0 Å². The summed E-state index contributed by atoms with van der Waals surface area (Å²) in [5, 5.41) is 0. The van der Waals surface area contributed by atoms with E-state index in [1.165, 1.54) is 5.56 Å².